The molecule has 0 N–H and O–H groups in total. The number of carbonyl (C=O) groups excluding carboxylic acids is 2. The second-order valence-electron chi connectivity index (χ2n) is 3.23. The number of hydrogen-bond donors (Lipinski definition) is 0. The van der Waals surface area contributed by atoms with Gasteiger partial charge in [0.15, 0.2) is 16.6 Å². The van der Waals surface area contributed by atoms with Crippen LogP contribution in [0.2, 0.25) is 0 Å². The van der Waals surface area contributed by atoms with Crippen molar-refractivity contribution < 1.29 is 14.3 Å². The lowest BCUT2D eigenvalue weighted by Crippen LogP contribution is -2.12. The third-order valence-corrected chi connectivity index (χ3v) is 3.04. The lowest BCUT2D eigenvalue weighted by molar-refractivity contribution is -0.121. The van der Waals surface area contributed by atoms with Gasteiger partial charge < -0.3 is 4.74 Å². The van der Waals surface area contributed by atoms with Gasteiger partial charge in [-0.15, -0.1) is 11.3 Å². The number of ketones is 2. The van der Waals surface area contributed by atoms with Gasteiger partial charge in [-0.25, -0.2) is 4.98 Å². The number of hydrogen-bond acceptors (Lipinski definition) is 5. The molecule has 0 saturated heterocycles. The Bertz CT molecular complexity index is 365. The average Bonchev–Trinajstić information content (AvgIpc) is 2.47. The van der Waals surface area contributed by atoms with Crippen LogP contribution >= 0.6 is 11.3 Å². The van der Waals surface area contributed by atoms with Crippen LogP contribution in [0, 0.1) is 13.8 Å². The maximum Gasteiger partial charge on any atom is 0.198 e. The van der Waals surface area contributed by atoms with E-state index in [1.54, 1.807) is 0 Å². The number of ether oxygens (including phenoxy) is 1. The van der Waals surface area contributed by atoms with Gasteiger partial charge in [0.2, 0.25) is 0 Å². The first-order valence-corrected chi connectivity index (χ1v) is 5.34. The Morgan fingerprint density at radius 1 is 1.40 bits per heavy atom. The first-order valence-electron chi connectivity index (χ1n) is 4.52. The van der Waals surface area contributed by atoms with E-state index in [-0.39, 0.29) is 24.6 Å². The fourth-order valence-electron chi connectivity index (χ4n) is 1.06. The molecule has 1 rings (SSSR count). The van der Waals surface area contributed by atoms with Crippen molar-refractivity contribution in [3.63, 3.8) is 0 Å². The van der Waals surface area contributed by atoms with Gasteiger partial charge in [-0.3, -0.25) is 9.59 Å². The molecule has 4 nitrogen and oxygen atoms in total. The van der Waals surface area contributed by atoms with Gasteiger partial charge >= 0.3 is 0 Å². The van der Waals surface area contributed by atoms with Gasteiger partial charge in [-0.05, 0) is 13.8 Å². The molecule has 0 atom stereocenters. The normalized spacial score (nSPS) is 10.3. The van der Waals surface area contributed by atoms with Crippen LogP contribution in [0.15, 0.2) is 0 Å². The second-order valence-corrected chi connectivity index (χ2v) is 4.44. The van der Waals surface area contributed by atoms with Gasteiger partial charge in [0.1, 0.15) is 6.61 Å². The number of Topliss-reactive ketones (excluding diaryl/α,β-unsaturated/α-hetero) is 2. The Labute approximate surface area is 92.3 Å². The van der Waals surface area contributed by atoms with E-state index in [1.807, 2.05) is 13.8 Å². The summed E-state index contributed by atoms with van der Waals surface area (Å²) in [6, 6.07) is 0. The maximum atomic E-state index is 11.6. The Balaban J connectivity index is 2.65. The molecule has 0 amide bonds. The highest BCUT2D eigenvalue weighted by molar-refractivity contribution is 7.13. The monoisotopic (exact) mass is 227 g/mol. The van der Waals surface area contributed by atoms with E-state index >= 15 is 0 Å². The number of aryl methyl sites for hydroxylation is 2. The predicted molar refractivity (Wildman–Crippen MR) is 57.4 cm³/mol. The minimum absolute atomic E-state index is 0.0188. The molecule has 1 heterocycles. The van der Waals surface area contributed by atoms with Crippen LogP contribution in [0.5, 0.6) is 0 Å². The van der Waals surface area contributed by atoms with Crippen LogP contribution in [-0.2, 0) is 9.53 Å². The molecule has 5 heteroatoms. The summed E-state index contributed by atoms with van der Waals surface area (Å²) in [6.07, 6.45) is -0.125. The van der Waals surface area contributed by atoms with Crippen LogP contribution < -0.4 is 0 Å². The second kappa shape index (κ2) is 5.14. The molecule has 0 aliphatic carbocycles. The summed E-state index contributed by atoms with van der Waals surface area (Å²) >= 11 is 1.33. The summed E-state index contributed by atoms with van der Waals surface area (Å²) in [4.78, 5) is 27.8. The number of thiazole rings is 1. The van der Waals surface area contributed by atoms with Gasteiger partial charge in [-0.2, -0.15) is 0 Å². The predicted octanol–water partition coefficient (Wildman–Crippen LogP) is 1.55. The molecule has 0 bridgehead atoms. The third-order valence-electron chi connectivity index (χ3n) is 1.93. The largest absolute Gasteiger partial charge is 0.377 e. The molecule has 0 saturated carbocycles. The van der Waals surface area contributed by atoms with E-state index in [1.165, 1.54) is 18.4 Å². The average molecular weight is 227 g/mol. The number of aromatic nitrogens is 1. The van der Waals surface area contributed by atoms with E-state index in [4.69, 9.17) is 0 Å². The van der Waals surface area contributed by atoms with Crippen LogP contribution in [-0.4, -0.2) is 30.3 Å². The van der Waals surface area contributed by atoms with Gasteiger partial charge in [-0.1, -0.05) is 0 Å². The molecule has 1 aromatic heterocycles. The van der Waals surface area contributed by atoms with E-state index < -0.39 is 0 Å². The number of nitrogens with zero attached hydrogens (tertiary/aromatic N) is 1. The van der Waals surface area contributed by atoms with Crippen LogP contribution in [0.1, 0.15) is 26.8 Å². The molecule has 1 aromatic rings. The summed E-state index contributed by atoms with van der Waals surface area (Å²) < 4.78 is 4.65. The zero-order valence-corrected chi connectivity index (χ0v) is 9.81. The lowest BCUT2D eigenvalue weighted by atomic mass is 10.2. The number of methoxy groups -OCH3 is 1. The molecule has 0 aromatic carbocycles. The Morgan fingerprint density at radius 2 is 2.07 bits per heavy atom. The zero-order valence-electron chi connectivity index (χ0n) is 8.99. The maximum absolute atomic E-state index is 11.6. The zero-order chi connectivity index (χ0) is 11.4. The minimum atomic E-state index is -0.224. The van der Waals surface area contributed by atoms with Gasteiger partial charge in [0.25, 0.3) is 0 Å². The minimum Gasteiger partial charge on any atom is -0.377 e. The molecule has 0 unspecified atom stereocenters. The van der Waals surface area contributed by atoms with E-state index in [0.717, 1.165) is 10.6 Å². The van der Waals surface area contributed by atoms with Crippen LogP contribution in [0.25, 0.3) is 0 Å². The first-order chi connectivity index (χ1) is 7.04. The van der Waals surface area contributed by atoms with Crippen molar-refractivity contribution >= 4 is 22.9 Å². The molecule has 0 aliphatic rings. The smallest absolute Gasteiger partial charge is 0.198 e. The summed E-state index contributed by atoms with van der Waals surface area (Å²) in [5, 5.41) is 0.412. The van der Waals surface area contributed by atoms with E-state index in [2.05, 4.69) is 9.72 Å². The quantitative estimate of drug-likeness (QED) is 0.565. The Hall–Kier alpha value is -1.07. The fraction of sp³-hybridized carbons (Fsp3) is 0.500. The van der Waals surface area contributed by atoms with Crippen LogP contribution in [0.4, 0.5) is 0 Å². The highest BCUT2D eigenvalue weighted by atomic mass is 32.1. The number of rotatable bonds is 5. The summed E-state index contributed by atoms with van der Waals surface area (Å²) in [5.74, 6) is -0.439. The fourth-order valence-corrected chi connectivity index (χ4v) is 1.91. The Morgan fingerprint density at radius 3 is 2.53 bits per heavy atom. The molecule has 0 spiro atoms. The van der Waals surface area contributed by atoms with Crippen molar-refractivity contribution in [2.24, 2.45) is 0 Å². The van der Waals surface area contributed by atoms with Crippen molar-refractivity contribution in [2.75, 3.05) is 13.7 Å². The molecule has 0 aliphatic heterocycles. The summed E-state index contributed by atoms with van der Waals surface area (Å²) in [6.45, 7) is 3.73. The first kappa shape index (κ1) is 12.0. The SMILES string of the molecule is COCC(=O)CC(=O)c1nc(C)c(C)s1. The number of carbonyl (C=O) groups is 2. The standard InChI is InChI=1S/C10H13NO3S/c1-6-7(2)15-10(11-6)9(13)4-8(12)5-14-3/h4-5H2,1-3H3. The summed E-state index contributed by atoms with van der Waals surface area (Å²) in [7, 11) is 1.43. The Kier molecular flexibility index (Phi) is 4.11. The van der Waals surface area contributed by atoms with Crippen molar-refractivity contribution in [1.82, 2.24) is 4.98 Å². The summed E-state index contributed by atoms with van der Waals surface area (Å²) in [5.41, 5.74) is 0.850. The molecule has 0 fully saturated rings. The van der Waals surface area contributed by atoms with E-state index in [0.29, 0.717) is 5.01 Å². The third kappa shape index (κ3) is 3.21. The van der Waals surface area contributed by atoms with Crippen LogP contribution in [0.3, 0.4) is 0 Å². The molecule has 15 heavy (non-hydrogen) atoms. The topological polar surface area (TPSA) is 56.3 Å². The molecular formula is C10H13NO3S. The molecule has 0 radical (unpaired) electrons. The molecule has 82 valence electrons. The molecular weight excluding hydrogens is 214 g/mol. The van der Waals surface area contributed by atoms with Crippen molar-refractivity contribution in [3.05, 3.63) is 15.6 Å². The van der Waals surface area contributed by atoms with Gasteiger partial charge in [0, 0.05) is 12.0 Å². The van der Waals surface area contributed by atoms with Gasteiger partial charge in [0.05, 0.1) is 12.1 Å². The van der Waals surface area contributed by atoms with Crippen molar-refractivity contribution in [1.29, 1.82) is 0 Å². The lowest BCUT2D eigenvalue weighted by Gasteiger charge is -1.96. The highest BCUT2D eigenvalue weighted by Gasteiger charge is 2.15. The highest BCUT2D eigenvalue weighted by Crippen LogP contribution is 2.17. The van der Waals surface area contributed by atoms with Crippen molar-refractivity contribution in [3.8, 4) is 0 Å². The van der Waals surface area contributed by atoms with Crippen molar-refractivity contribution in [2.45, 2.75) is 20.3 Å². The van der Waals surface area contributed by atoms with E-state index in [9.17, 15) is 9.59 Å².